The SMILES string of the molecule is CCCC(CCCCNc1ncc(C#N)c(N2CCC3(CC2)CC(=O)N3)n1)N(C(=O)NCc1ccccc1)c1ccc(-c2cnn(C)c2)cn1. The van der Waals surface area contributed by atoms with Gasteiger partial charge in [-0.3, -0.25) is 14.4 Å². The normalized spacial score (nSPS) is 15.5. The Morgan fingerprint density at radius 1 is 1.06 bits per heavy atom. The van der Waals surface area contributed by atoms with E-state index in [4.69, 9.17) is 9.97 Å². The lowest BCUT2D eigenvalue weighted by Crippen LogP contribution is -2.65. The Kier molecular flexibility index (Phi) is 10.9. The summed E-state index contributed by atoms with van der Waals surface area (Å²) in [5.74, 6) is 1.84. The maximum absolute atomic E-state index is 13.8. The van der Waals surface area contributed by atoms with Crippen LogP contribution in [0.1, 0.15) is 69.4 Å². The fraction of sp³-hybridized carbons (Fsp3) is 0.432. The molecule has 2 fully saturated rings. The first-order valence-corrected chi connectivity index (χ1v) is 17.5. The van der Waals surface area contributed by atoms with Gasteiger partial charge in [-0.1, -0.05) is 43.7 Å². The highest BCUT2D eigenvalue weighted by atomic mass is 16.2. The second-order valence-electron chi connectivity index (χ2n) is 13.2. The number of urea groups is 1. The number of aryl methyl sites for hydroxylation is 1. The molecule has 50 heavy (non-hydrogen) atoms. The first kappa shape index (κ1) is 34.4. The molecule has 260 valence electrons. The van der Waals surface area contributed by atoms with Gasteiger partial charge in [-0.25, -0.2) is 14.8 Å². The van der Waals surface area contributed by atoms with Gasteiger partial charge in [0.15, 0.2) is 5.82 Å². The third-order valence-electron chi connectivity index (χ3n) is 9.59. The summed E-state index contributed by atoms with van der Waals surface area (Å²) in [5.41, 5.74) is 3.29. The van der Waals surface area contributed by atoms with Crippen molar-refractivity contribution in [2.24, 2.45) is 7.05 Å². The molecule has 1 atom stereocenters. The van der Waals surface area contributed by atoms with Crippen LogP contribution in [0, 0.1) is 11.3 Å². The van der Waals surface area contributed by atoms with E-state index in [9.17, 15) is 14.9 Å². The van der Waals surface area contributed by atoms with E-state index in [1.54, 1.807) is 23.3 Å². The van der Waals surface area contributed by atoms with Gasteiger partial charge in [0, 0.05) is 69.2 Å². The van der Waals surface area contributed by atoms with Crippen molar-refractivity contribution >= 4 is 29.5 Å². The number of β-lactam (4-membered cyclic amide) rings is 1. The van der Waals surface area contributed by atoms with Gasteiger partial charge in [0.25, 0.3) is 0 Å². The third-order valence-corrected chi connectivity index (χ3v) is 9.59. The van der Waals surface area contributed by atoms with Crippen LogP contribution in [0.2, 0.25) is 0 Å². The lowest BCUT2D eigenvalue weighted by Gasteiger charge is -2.48. The summed E-state index contributed by atoms with van der Waals surface area (Å²) in [6.07, 6.45) is 13.6. The zero-order chi connectivity index (χ0) is 34.9. The molecule has 3 aromatic heterocycles. The predicted octanol–water partition coefficient (Wildman–Crippen LogP) is 5.17. The van der Waals surface area contributed by atoms with Crippen molar-refractivity contribution < 1.29 is 9.59 Å². The van der Waals surface area contributed by atoms with Crippen LogP contribution < -0.4 is 25.8 Å². The summed E-state index contributed by atoms with van der Waals surface area (Å²) in [4.78, 5) is 43.2. The molecular formula is C37H45N11O2. The van der Waals surface area contributed by atoms with Crippen LogP contribution in [0.25, 0.3) is 11.1 Å². The van der Waals surface area contributed by atoms with Gasteiger partial charge in [0.05, 0.1) is 17.9 Å². The van der Waals surface area contributed by atoms with E-state index >= 15 is 0 Å². The van der Waals surface area contributed by atoms with Crippen LogP contribution in [0.15, 0.2) is 67.3 Å². The molecule has 13 heteroatoms. The van der Waals surface area contributed by atoms with Gasteiger partial charge in [0.2, 0.25) is 11.9 Å². The minimum atomic E-state index is -0.172. The molecular weight excluding hydrogens is 630 g/mol. The molecule has 1 unspecified atom stereocenters. The molecule has 0 aliphatic carbocycles. The molecule has 5 heterocycles. The lowest BCUT2D eigenvalue weighted by atomic mass is 9.78. The smallest absolute Gasteiger partial charge is 0.323 e. The number of anilines is 3. The minimum Gasteiger partial charge on any atom is -0.355 e. The van der Waals surface area contributed by atoms with Crippen molar-refractivity contribution in [2.45, 2.75) is 76.4 Å². The van der Waals surface area contributed by atoms with E-state index in [2.05, 4.69) is 43.9 Å². The van der Waals surface area contributed by atoms with Crippen LogP contribution in [0.4, 0.5) is 22.4 Å². The van der Waals surface area contributed by atoms with Crippen molar-refractivity contribution in [1.29, 1.82) is 5.26 Å². The number of amides is 3. The quantitative estimate of drug-likeness (QED) is 0.121. The zero-order valence-electron chi connectivity index (χ0n) is 28.8. The highest BCUT2D eigenvalue weighted by Crippen LogP contribution is 2.34. The summed E-state index contributed by atoms with van der Waals surface area (Å²) in [5, 5.41) is 23.5. The van der Waals surface area contributed by atoms with E-state index in [0.717, 1.165) is 74.7 Å². The number of nitrogens with one attached hydrogen (secondary N) is 3. The number of unbranched alkanes of at least 4 members (excludes halogenated alkanes) is 1. The highest BCUT2D eigenvalue weighted by molar-refractivity contribution is 5.91. The number of rotatable bonds is 14. The van der Waals surface area contributed by atoms with Crippen LogP contribution in [0.5, 0.6) is 0 Å². The Morgan fingerprint density at radius 3 is 2.52 bits per heavy atom. The van der Waals surface area contributed by atoms with Gasteiger partial charge in [-0.05, 0) is 56.2 Å². The monoisotopic (exact) mass is 675 g/mol. The molecule has 2 aliphatic rings. The summed E-state index contributed by atoms with van der Waals surface area (Å²) >= 11 is 0. The van der Waals surface area contributed by atoms with Crippen molar-refractivity contribution in [1.82, 2.24) is 35.4 Å². The van der Waals surface area contributed by atoms with Crippen molar-refractivity contribution in [3.05, 3.63) is 78.4 Å². The van der Waals surface area contributed by atoms with E-state index in [1.807, 2.05) is 60.6 Å². The molecule has 0 bridgehead atoms. The van der Waals surface area contributed by atoms with Crippen molar-refractivity contribution in [3.8, 4) is 17.2 Å². The van der Waals surface area contributed by atoms with Crippen LogP contribution in [-0.4, -0.2) is 67.9 Å². The second-order valence-corrected chi connectivity index (χ2v) is 13.2. The summed E-state index contributed by atoms with van der Waals surface area (Å²) in [7, 11) is 1.88. The Bertz CT molecular complexity index is 1780. The number of carbonyl (C=O) groups is 2. The maximum atomic E-state index is 13.8. The van der Waals surface area contributed by atoms with E-state index in [0.29, 0.717) is 42.7 Å². The topological polar surface area (TPSA) is 157 Å². The number of nitriles is 1. The third kappa shape index (κ3) is 8.19. The number of aromatic nitrogens is 5. The summed E-state index contributed by atoms with van der Waals surface area (Å²) in [6.45, 7) is 4.66. The van der Waals surface area contributed by atoms with E-state index in [-0.39, 0.29) is 23.5 Å². The molecule has 13 nitrogen and oxygen atoms in total. The van der Waals surface area contributed by atoms with Crippen LogP contribution >= 0.6 is 0 Å². The lowest BCUT2D eigenvalue weighted by molar-refractivity contribution is -0.133. The number of piperidine rings is 1. The Balaban J connectivity index is 1.08. The Labute approximate surface area is 293 Å². The average Bonchev–Trinajstić information content (AvgIpc) is 3.57. The van der Waals surface area contributed by atoms with Crippen LogP contribution in [0.3, 0.4) is 0 Å². The number of pyridine rings is 1. The molecule has 0 saturated carbocycles. The van der Waals surface area contributed by atoms with Gasteiger partial charge in [0.1, 0.15) is 17.5 Å². The molecule has 3 amide bonds. The molecule has 6 rings (SSSR count). The fourth-order valence-electron chi connectivity index (χ4n) is 6.84. The molecule has 1 aromatic carbocycles. The molecule has 1 spiro atoms. The van der Waals surface area contributed by atoms with E-state index < -0.39 is 0 Å². The van der Waals surface area contributed by atoms with E-state index in [1.165, 1.54) is 0 Å². The Hall–Kier alpha value is -5.51. The average molecular weight is 676 g/mol. The zero-order valence-corrected chi connectivity index (χ0v) is 28.8. The number of benzene rings is 1. The van der Waals surface area contributed by atoms with Crippen LogP contribution in [-0.2, 0) is 18.4 Å². The number of hydrogen-bond donors (Lipinski definition) is 3. The first-order valence-electron chi connectivity index (χ1n) is 17.5. The van der Waals surface area contributed by atoms with Gasteiger partial charge in [-0.15, -0.1) is 0 Å². The summed E-state index contributed by atoms with van der Waals surface area (Å²) < 4.78 is 1.76. The molecule has 0 radical (unpaired) electrons. The first-order chi connectivity index (χ1) is 24.4. The number of carbonyl (C=O) groups excluding carboxylic acids is 2. The molecule has 2 saturated heterocycles. The van der Waals surface area contributed by atoms with Crippen molar-refractivity contribution in [2.75, 3.05) is 34.8 Å². The minimum absolute atomic E-state index is 0.0480. The largest absolute Gasteiger partial charge is 0.355 e. The highest BCUT2D eigenvalue weighted by Gasteiger charge is 2.45. The second kappa shape index (κ2) is 15.8. The Morgan fingerprint density at radius 2 is 1.86 bits per heavy atom. The maximum Gasteiger partial charge on any atom is 0.323 e. The summed E-state index contributed by atoms with van der Waals surface area (Å²) in [6, 6.07) is 15.8. The molecule has 3 N–H and O–H groups in total. The van der Waals surface area contributed by atoms with Gasteiger partial charge in [-0.2, -0.15) is 15.3 Å². The van der Waals surface area contributed by atoms with Crippen molar-refractivity contribution in [3.63, 3.8) is 0 Å². The molecule has 4 aromatic rings. The van der Waals surface area contributed by atoms with Gasteiger partial charge < -0.3 is 20.9 Å². The number of nitrogens with zero attached hydrogens (tertiary/aromatic N) is 8. The standard InChI is InChI=1S/C37H45N11O2/c1-3-9-31(12-7-8-17-39-35-41-24-29(21-38)34(44-35)47-18-15-37(16-19-47)20-33(49)45-37)48(36(50)42-22-27-10-5-4-6-11-27)32-14-13-28(23-40-32)30-25-43-46(2)26-30/h4-6,10-11,13-14,23-26,31H,3,7-9,12,15-20,22H2,1-2H3,(H,42,50)(H,45,49)(H,39,41,44). The fourth-order valence-corrected chi connectivity index (χ4v) is 6.84. The predicted molar refractivity (Wildman–Crippen MR) is 192 cm³/mol. The van der Waals surface area contributed by atoms with Gasteiger partial charge >= 0.3 is 6.03 Å². The number of hydrogen-bond acceptors (Lipinski definition) is 9. The molecule has 2 aliphatic heterocycles.